The number of nitrogens with zero attached hydrogens (tertiary/aromatic N) is 2. The minimum absolute atomic E-state index is 0.151. The van der Waals surface area contributed by atoms with Crippen LogP contribution in [0.1, 0.15) is 34.9 Å². The Morgan fingerprint density at radius 3 is 2.81 bits per heavy atom. The van der Waals surface area contributed by atoms with E-state index in [0.29, 0.717) is 12.5 Å². The summed E-state index contributed by atoms with van der Waals surface area (Å²) in [6.07, 6.45) is 2.19. The number of carbonyl (C=O) groups is 1. The summed E-state index contributed by atoms with van der Waals surface area (Å²) >= 11 is 0. The second-order valence-electron chi connectivity index (χ2n) is 6.87. The molecule has 1 N–H and O–H groups in total. The van der Waals surface area contributed by atoms with Gasteiger partial charge < -0.3 is 9.72 Å². The maximum Gasteiger partial charge on any atom is 0.176 e. The molecule has 2 aromatic carbocycles. The summed E-state index contributed by atoms with van der Waals surface area (Å²) in [5, 5.41) is 0. The molecule has 5 nitrogen and oxygen atoms in total. The molecule has 0 amide bonds. The largest absolute Gasteiger partial charge is 0.497 e. The van der Waals surface area contributed by atoms with Crippen molar-refractivity contribution >= 4 is 16.8 Å². The fourth-order valence-corrected chi connectivity index (χ4v) is 3.66. The first kappa shape index (κ1) is 16.8. The molecular formula is C21H23N3O2. The highest BCUT2D eigenvalue weighted by Gasteiger charge is 2.25. The zero-order chi connectivity index (χ0) is 17.9. The first-order valence-electron chi connectivity index (χ1n) is 9.07. The van der Waals surface area contributed by atoms with Crippen LogP contribution in [0.15, 0.2) is 48.5 Å². The Hall–Kier alpha value is -2.66. The highest BCUT2D eigenvalue weighted by atomic mass is 16.5. The highest BCUT2D eigenvalue weighted by Crippen LogP contribution is 2.27. The Morgan fingerprint density at radius 2 is 2.04 bits per heavy atom. The number of likely N-dealkylation sites (tertiary alicyclic amines) is 1. The number of imidazole rings is 1. The maximum atomic E-state index is 12.6. The molecule has 0 radical (unpaired) electrons. The minimum Gasteiger partial charge on any atom is -0.497 e. The summed E-state index contributed by atoms with van der Waals surface area (Å²) in [7, 11) is 1.63. The molecule has 1 unspecified atom stereocenters. The number of fused-ring (bicyclic) bond motifs is 1. The Balaban J connectivity index is 1.43. The summed E-state index contributed by atoms with van der Waals surface area (Å²) in [6, 6.07) is 15.5. The van der Waals surface area contributed by atoms with Gasteiger partial charge in [0.25, 0.3) is 0 Å². The molecule has 5 heteroatoms. The van der Waals surface area contributed by atoms with Crippen LogP contribution in [-0.4, -0.2) is 47.4 Å². The van der Waals surface area contributed by atoms with Gasteiger partial charge in [0.2, 0.25) is 0 Å². The van der Waals surface area contributed by atoms with Crippen molar-refractivity contribution in [2.45, 2.75) is 18.8 Å². The molecule has 1 aliphatic rings. The Kier molecular flexibility index (Phi) is 4.71. The van der Waals surface area contributed by atoms with Crippen LogP contribution in [-0.2, 0) is 0 Å². The van der Waals surface area contributed by atoms with Crippen molar-refractivity contribution < 1.29 is 9.53 Å². The number of aromatic amines is 1. The number of nitrogens with one attached hydrogen (secondary N) is 1. The van der Waals surface area contributed by atoms with Gasteiger partial charge in [-0.15, -0.1) is 0 Å². The van der Waals surface area contributed by atoms with Gasteiger partial charge in [-0.3, -0.25) is 9.69 Å². The molecule has 26 heavy (non-hydrogen) atoms. The number of ether oxygens (including phenoxy) is 1. The van der Waals surface area contributed by atoms with E-state index in [4.69, 9.17) is 9.72 Å². The molecule has 3 aromatic rings. The van der Waals surface area contributed by atoms with Crippen LogP contribution in [0.3, 0.4) is 0 Å². The number of H-pyrrole nitrogens is 1. The Morgan fingerprint density at radius 1 is 1.23 bits per heavy atom. The zero-order valence-corrected chi connectivity index (χ0v) is 14.9. The van der Waals surface area contributed by atoms with Crippen molar-refractivity contribution in [2.75, 3.05) is 26.7 Å². The molecule has 0 saturated carbocycles. The predicted octanol–water partition coefficient (Wildman–Crippen LogP) is 3.63. The van der Waals surface area contributed by atoms with Crippen molar-refractivity contribution in [3.63, 3.8) is 0 Å². The van der Waals surface area contributed by atoms with E-state index in [1.54, 1.807) is 7.11 Å². The van der Waals surface area contributed by atoms with Gasteiger partial charge in [0, 0.05) is 18.0 Å². The van der Waals surface area contributed by atoms with E-state index in [1.807, 2.05) is 42.5 Å². The van der Waals surface area contributed by atoms with Crippen molar-refractivity contribution in [2.24, 2.45) is 0 Å². The lowest BCUT2D eigenvalue weighted by molar-refractivity contribution is 0.0905. The zero-order valence-electron chi connectivity index (χ0n) is 14.9. The van der Waals surface area contributed by atoms with Gasteiger partial charge in [-0.05, 0) is 55.8 Å². The van der Waals surface area contributed by atoms with Gasteiger partial charge in [-0.1, -0.05) is 12.1 Å². The Bertz CT molecular complexity index is 868. The Labute approximate surface area is 153 Å². The van der Waals surface area contributed by atoms with Gasteiger partial charge in [-0.25, -0.2) is 4.98 Å². The number of Topliss-reactive ketones (excluding diaryl/α,β-unsaturated/α-hetero) is 1. The second-order valence-corrected chi connectivity index (χ2v) is 6.87. The molecule has 1 fully saturated rings. The van der Waals surface area contributed by atoms with Crippen LogP contribution in [0.4, 0.5) is 0 Å². The van der Waals surface area contributed by atoms with E-state index in [-0.39, 0.29) is 5.78 Å². The van der Waals surface area contributed by atoms with Crippen molar-refractivity contribution in [3.05, 3.63) is 59.9 Å². The number of hydrogen-bond acceptors (Lipinski definition) is 4. The lowest BCUT2D eigenvalue weighted by Crippen LogP contribution is -2.38. The van der Waals surface area contributed by atoms with Crippen LogP contribution in [0.5, 0.6) is 5.75 Å². The van der Waals surface area contributed by atoms with Crippen molar-refractivity contribution in [1.29, 1.82) is 0 Å². The number of piperidine rings is 1. The summed E-state index contributed by atoms with van der Waals surface area (Å²) < 4.78 is 5.15. The smallest absolute Gasteiger partial charge is 0.176 e. The number of benzene rings is 2. The number of aromatic nitrogens is 2. The summed E-state index contributed by atoms with van der Waals surface area (Å²) in [6.45, 7) is 2.27. The third-order valence-electron chi connectivity index (χ3n) is 5.08. The standard InChI is InChI=1S/C21H23N3O2/c1-26-17-10-8-15(9-11-17)20(25)14-24-12-4-5-16(13-24)21-22-18-6-2-3-7-19(18)23-21/h2-3,6-11,16H,4-5,12-14H2,1H3,(H,22,23). The molecule has 4 rings (SSSR count). The van der Waals surface area contributed by atoms with Gasteiger partial charge in [0.15, 0.2) is 5.78 Å². The van der Waals surface area contributed by atoms with Gasteiger partial charge in [-0.2, -0.15) is 0 Å². The first-order chi connectivity index (χ1) is 12.7. The number of hydrogen-bond donors (Lipinski definition) is 1. The topological polar surface area (TPSA) is 58.2 Å². The molecule has 1 aromatic heterocycles. The molecule has 1 atom stereocenters. The fourth-order valence-electron chi connectivity index (χ4n) is 3.66. The highest BCUT2D eigenvalue weighted by molar-refractivity contribution is 5.97. The SMILES string of the molecule is COc1ccc(C(=O)CN2CCCC(c3nc4ccccc4[nH]3)C2)cc1. The van der Waals surface area contributed by atoms with E-state index < -0.39 is 0 Å². The predicted molar refractivity (Wildman–Crippen MR) is 102 cm³/mol. The van der Waals surface area contributed by atoms with Crippen molar-refractivity contribution in [3.8, 4) is 5.75 Å². The minimum atomic E-state index is 0.151. The van der Waals surface area contributed by atoms with Crippen LogP contribution in [0, 0.1) is 0 Å². The molecular weight excluding hydrogens is 326 g/mol. The maximum absolute atomic E-state index is 12.6. The average Bonchev–Trinajstić information content (AvgIpc) is 3.12. The number of carbonyl (C=O) groups excluding carboxylic acids is 1. The molecule has 134 valence electrons. The molecule has 0 spiro atoms. The molecule has 0 bridgehead atoms. The molecule has 0 aliphatic carbocycles. The van der Waals surface area contributed by atoms with Crippen molar-refractivity contribution in [1.82, 2.24) is 14.9 Å². The van der Waals surface area contributed by atoms with Crippen LogP contribution in [0.25, 0.3) is 11.0 Å². The third-order valence-corrected chi connectivity index (χ3v) is 5.08. The van der Waals surface area contributed by atoms with E-state index in [2.05, 4.69) is 16.0 Å². The van der Waals surface area contributed by atoms with Crippen LogP contribution >= 0.6 is 0 Å². The van der Waals surface area contributed by atoms with Gasteiger partial charge in [0.1, 0.15) is 11.6 Å². The van der Waals surface area contributed by atoms with Gasteiger partial charge >= 0.3 is 0 Å². The monoisotopic (exact) mass is 349 g/mol. The molecule has 1 saturated heterocycles. The lowest BCUT2D eigenvalue weighted by Gasteiger charge is -2.31. The molecule has 1 aliphatic heterocycles. The quantitative estimate of drug-likeness (QED) is 0.715. The fraction of sp³-hybridized carbons (Fsp3) is 0.333. The molecule has 2 heterocycles. The average molecular weight is 349 g/mol. The number of para-hydroxylation sites is 2. The third kappa shape index (κ3) is 3.48. The van der Waals surface area contributed by atoms with Crippen LogP contribution in [0.2, 0.25) is 0 Å². The summed E-state index contributed by atoms with van der Waals surface area (Å²) in [5.41, 5.74) is 2.82. The van der Waals surface area contributed by atoms with E-state index in [9.17, 15) is 4.79 Å². The summed E-state index contributed by atoms with van der Waals surface area (Å²) in [4.78, 5) is 23.0. The van der Waals surface area contributed by atoms with Crippen LogP contribution < -0.4 is 4.74 Å². The number of ketones is 1. The number of rotatable bonds is 5. The second kappa shape index (κ2) is 7.30. The first-order valence-corrected chi connectivity index (χ1v) is 9.07. The van der Waals surface area contributed by atoms with E-state index in [1.165, 1.54) is 0 Å². The van der Waals surface area contributed by atoms with E-state index >= 15 is 0 Å². The lowest BCUT2D eigenvalue weighted by atomic mass is 9.97. The normalized spacial score (nSPS) is 18.1. The van der Waals surface area contributed by atoms with E-state index in [0.717, 1.165) is 54.1 Å². The van der Waals surface area contributed by atoms with Gasteiger partial charge in [0.05, 0.1) is 24.7 Å². The number of methoxy groups -OCH3 is 1. The summed E-state index contributed by atoms with van der Waals surface area (Å²) in [5.74, 6) is 2.30.